The highest BCUT2D eigenvalue weighted by molar-refractivity contribution is 7.89. The van der Waals surface area contributed by atoms with Crippen molar-refractivity contribution in [3.05, 3.63) is 28.3 Å². The van der Waals surface area contributed by atoms with Crippen LogP contribution in [0.5, 0.6) is 0 Å². The number of benzene rings is 1. The van der Waals surface area contributed by atoms with E-state index in [1.54, 1.807) is 0 Å². The van der Waals surface area contributed by atoms with Gasteiger partial charge in [-0.25, -0.2) is 8.42 Å². The number of sulfonamides is 1. The van der Waals surface area contributed by atoms with E-state index in [0.29, 0.717) is 0 Å². The van der Waals surface area contributed by atoms with Gasteiger partial charge in [-0.15, -0.1) is 0 Å². The van der Waals surface area contributed by atoms with Gasteiger partial charge in [0.05, 0.1) is 10.6 Å². The molecule has 1 fully saturated rings. The van der Waals surface area contributed by atoms with Gasteiger partial charge in [-0.05, 0) is 32.8 Å². The summed E-state index contributed by atoms with van der Waals surface area (Å²) < 4.78 is 27.1. The summed E-state index contributed by atoms with van der Waals surface area (Å²) in [5.74, 6) is 0. The topological polar surface area (TPSA) is 107 Å². The first-order valence-electron chi connectivity index (χ1n) is 6.82. The van der Waals surface area contributed by atoms with E-state index >= 15 is 0 Å². The summed E-state index contributed by atoms with van der Waals surface area (Å²) in [5, 5.41) is 10.9. The zero-order chi connectivity index (χ0) is 15.8. The maximum atomic E-state index is 12.8. The highest BCUT2D eigenvalue weighted by Gasteiger charge is 2.37. The lowest BCUT2D eigenvalue weighted by Crippen LogP contribution is -2.47. The number of hydrogen-bond donors (Lipinski definition) is 1. The highest BCUT2D eigenvalue weighted by Crippen LogP contribution is 2.33. The van der Waals surface area contributed by atoms with Gasteiger partial charge in [0.25, 0.3) is 5.69 Å². The van der Waals surface area contributed by atoms with Crippen molar-refractivity contribution >= 4 is 21.4 Å². The van der Waals surface area contributed by atoms with Crippen LogP contribution in [-0.4, -0.2) is 29.7 Å². The standard InChI is InChI=1S/C13H19N3O4S/c1-9-4-3-5-10(2)15(9)21(19,20)13-8-11(16(17)18)6-7-12(13)14/h6-10H,3-5,14H2,1-2H3/t9-,10+. The van der Waals surface area contributed by atoms with E-state index < -0.39 is 14.9 Å². The van der Waals surface area contributed by atoms with Crippen LogP contribution in [-0.2, 0) is 10.0 Å². The Balaban J connectivity index is 2.53. The fourth-order valence-electron chi connectivity index (χ4n) is 2.84. The van der Waals surface area contributed by atoms with E-state index in [2.05, 4.69) is 0 Å². The Morgan fingerprint density at radius 3 is 2.38 bits per heavy atom. The second kappa shape index (κ2) is 5.61. The highest BCUT2D eigenvalue weighted by atomic mass is 32.2. The largest absolute Gasteiger partial charge is 0.398 e. The third-order valence-electron chi connectivity index (χ3n) is 3.88. The molecule has 0 radical (unpaired) electrons. The van der Waals surface area contributed by atoms with Crippen molar-refractivity contribution < 1.29 is 13.3 Å². The normalized spacial score (nSPS) is 23.9. The molecule has 1 aliphatic rings. The summed E-state index contributed by atoms with van der Waals surface area (Å²) in [4.78, 5) is 10.0. The van der Waals surface area contributed by atoms with Crippen molar-refractivity contribution in [3.8, 4) is 0 Å². The molecular weight excluding hydrogens is 294 g/mol. The maximum Gasteiger partial charge on any atom is 0.270 e. The van der Waals surface area contributed by atoms with Crippen molar-refractivity contribution in [2.75, 3.05) is 5.73 Å². The Morgan fingerprint density at radius 1 is 1.29 bits per heavy atom. The average Bonchev–Trinajstić information content (AvgIpc) is 2.38. The molecule has 0 amide bonds. The molecule has 1 aromatic rings. The van der Waals surface area contributed by atoms with Gasteiger partial charge in [-0.3, -0.25) is 10.1 Å². The van der Waals surface area contributed by atoms with Crippen molar-refractivity contribution in [1.82, 2.24) is 4.31 Å². The van der Waals surface area contributed by atoms with Gasteiger partial charge in [-0.2, -0.15) is 4.31 Å². The number of nitro benzene ring substituents is 1. The summed E-state index contributed by atoms with van der Waals surface area (Å²) in [7, 11) is -3.84. The Bertz CT molecular complexity index is 649. The van der Waals surface area contributed by atoms with Crippen LogP contribution in [0.25, 0.3) is 0 Å². The number of nitrogen functional groups attached to an aromatic ring is 1. The van der Waals surface area contributed by atoms with E-state index in [-0.39, 0.29) is 28.4 Å². The predicted molar refractivity (Wildman–Crippen MR) is 79.3 cm³/mol. The Labute approximate surface area is 123 Å². The van der Waals surface area contributed by atoms with Crippen molar-refractivity contribution in [2.24, 2.45) is 0 Å². The summed E-state index contributed by atoms with van der Waals surface area (Å²) in [6, 6.07) is 3.23. The molecule has 8 heteroatoms. The minimum absolute atomic E-state index is 0.0329. The van der Waals surface area contributed by atoms with Crippen molar-refractivity contribution in [2.45, 2.75) is 50.1 Å². The predicted octanol–water partition coefficient (Wildman–Crippen LogP) is 2.13. The first kappa shape index (κ1) is 15.7. The van der Waals surface area contributed by atoms with E-state index in [1.165, 1.54) is 16.4 Å². The zero-order valence-electron chi connectivity index (χ0n) is 12.0. The molecule has 0 saturated carbocycles. The van der Waals surface area contributed by atoms with E-state index in [0.717, 1.165) is 25.3 Å². The molecule has 21 heavy (non-hydrogen) atoms. The fourth-order valence-corrected chi connectivity index (χ4v) is 4.87. The Morgan fingerprint density at radius 2 is 1.86 bits per heavy atom. The van der Waals surface area contributed by atoms with Crippen LogP contribution in [0, 0.1) is 10.1 Å². The lowest BCUT2D eigenvalue weighted by Gasteiger charge is -2.37. The van der Waals surface area contributed by atoms with Crippen LogP contribution >= 0.6 is 0 Å². The SMILES string of the molecule is C[C@@H]1CCC[C@H](C)N1S(=O)(=O)c1cc([N+](=O)[O-])ccc1N. The van der Waals surface area contributed by atoms with Crippen LogP contribution in [0.15, 0.2) is 23.1 Å². The third-order valence-corrected chi connectivity index (χ3v) is 6.06. The molecule has 0 aromatic heterocycles. The number of rotatable bonds is 3. The van der Waals surface area contributed by atoms with Crippen LogP contribution < -0.4 is 5.73 Å². The average molecular weight is 313 g/mol. The van der Waals surface area contributed by atoms with Gasteiger partial charge in [-0.1, -0.05) is 6.42 Å². The molecule has 7 nitrogen and oxygen atoms in total. The van der Waals surface area contributed by atoms with Gasteiger partial charge in [0.2, 0.25) is 10.0 Å². The van der Waals surface area contributed by atoms with E-state index in [1.807, 2.05) is 13.8 Å². The number of hydrogen-bond acceptors (Lipinski definition) is 5. The number of anilines is 1. The zero-order valence-corrected chi connectivity index (χ0v) is 12.8. The molecule has 1 aliphatic heterocycles. The number of nitro groups is 1. The summed E-state index contributed by atoms with van der Waals surface area (Å²) in [5.41, 5.74) is 5.50. The summed E-state index contributed by atoms with van der Waals surface area (Å²) in [6.45, 7) is 3.70. The van der Waals surface area contributed by atoms with Gasteiger partial charge in [0.15, 0.2) is 0 Å². The third kappa shape index (κ3) is 2.86. The number of piperidine rings is 1. The molecular formula is C13H19N3O4S. The molecule has 2 rings (SSSR count). The molecule has 1 saturated heterocycles. The van der Waals surface area contributed by atoms with Crippen LogP contribution in [0.4, 0.5) is 11.4 Å². The van der Waals surface area contributed by atoms with E-state index in [4.69, 9.17) is 5.73 Å². The molecule has 0 unspecified atom stereocenters. The lowest BCUT2D eigenvalue weighted by molar-refractivity contribution is -0.385. The molecule has 1 aromatic carbocycles. The minimum atomic E-state index is -3.84. The molecule has 1 heterocycles. The second-order valence-corrected chi connectivity index (χ2v) is 7.25. The summed E-state index contributed by atoms with van der Waals surface area (Å²) >= 11 is 0. The molecule has 0 aliphatic carbocycles. The quantitative estimate of drug-likeness (QED) is 0.522. The number of non-ortho nitro benzene ring substituents is 1. The second-order valence-electron chi connectivity index (χ2n) is 5.44. The van der Waals surface area contributed by atoms with Gasteiger partial charge in [0, 0.05) is 24.2 Å². The number of nitrogens with two attached hydrogens (primary N) is 1. The first-order valence-corrected chi connectivity index (χ1v) is 8.26. The van der Waals surface area contributed by atoms with Crippen LogP contribution in [0.1, 0.15) is 33.1 Å². The number of nitrogens with zero attached hydrogens (tertiary/aromatic N) is 2. The van der Waals surface area contributed by atoms with Crippen molar-refractivity contribution in [1.29, 1.82) is 0 Å². The molecule has 0 bridgehead atoms. The Kier molecular flexibility index (Phi) is 4.20. The van der Waals surface area contributed by atoms with Gasteiger partial charge in [0.1, 0.15) is 4.90 Å². The first-order chi connectivity index (χ1) is 9.75. The molecule has 0 spiro atoms. The van der Waals surface area contributed by atoms with Crippen LogP contribution in [0.3, 0.4) is 0 Å². The molecule has 116 valence electrons. The minimum Gasteiger partial charge on any atom is -0.398 e. The fraction of sp³-hybridized carbons (Fsp3) is 0.538. The molecule has 2 atom stereocenters. The summed E-state index contributed by atoms with van der Waals surface area (Å²) in [6.07, 6.45) is 2.52. The van der Waals surface area contributed by atoms with Crippen molar-refractivity contribution in [3.63, 3.8) is 0 Å². The van der Waals surface area contributed by atoms with E-state index in [9.17, 15) is 18.5 Å². The molecule has 2 N–H and O–H groups in total. The van der Waals surface area contributed by atoms with Gasteiger partial charge >= 0.3 is 0 Å². The smallest absolute Gasteiger partial charge is 0.270 e. The Hall–Kier alpha value is -1.67. The maximum absolute atomic E-state index is 12.8. The monoisotopic (exact) mass is 313 g/mol. The van der Waals surface area contributed by atoms with Gasteiger partial charge < -0.3 is 5.73 Å². The lowest BCUT2D eigenvalue weighted by atomic mass is 10.0. The van der Waals surface area contributed by atoms with Crippen LogP contribution in [0.2, 0.25) is 0 Å².